The minimum atomic E-state index is -3.63. The van der Waals surface area contributed by atoms with Gasteiger partial charge in [0.2, 0.25) is 0 Å². The van der Waals surface area contributed by atoms with Crippen molar-refractivity contribution in [1.29, 1.82) is 0 Å². The van der Waals surface area contributed by atoms with E-state index in [9.17, 15) is 0 Å². The molecule has 0 heterocycles. The molecule has 90 valence electrons. The fraction of sp³-hybridized carbons (Fsp3) is 0. The van der Waals surface area contributed by atoms with E-state index < -0.39 is 27.5 Å². The molecule has 0 fully saturated rings. The van der Waals surface area contributed by atoms with Gasteiger partial charge in [-0.2, -0.15) is 0 Å². The van der Waals surface area contributed by atoms with Gasteiger partial charge in [-0.15, -0.1) is 0 Å². The van der Waals surface area contributed by atoms with E-state index in [1.54, 1.807) is 0 Å². The Morgan fingerprint density at radius 1 is 0.529 bits per heavy atom. The van der Waals surface area contributed by atoms with Crippen molar-refractivity contribution in [2.24, 2.45) is 0 Å². The maximum atomic E-state index is 8.52. The van der Waals surface area contributed by atoms with Crippen LogP contribution in [0.4, 0.5) is 0 Å². The summed E-state index contributed by atoms with van der Waals surface area (Å²) in [4.78, 5) is 51.1. The largest absolute Gasteiger partial charge is 2.00 e. The van der Waals surface area contributed by atoms with Gasteiger partial charge < -0.3 is 54.6 Å². The Bertz CT molecular complexity index is 129. The summed E-state index contributed by atoms with van der Waals surface area (Å²) < 4.78 is 25.6. The summed E-state index contributed by atoms with van der Waals surface area (Å²) in [7, 11) is -10.9. The molecule has 0 rings (SSSR count). The van der Waals surface area contributed by atoms with Crippen LogP contribution in [0.15, 0.2) is 0 Å². The van der Waals surface area contributed by atoms with Crippen LogP contribution in [0.3, 0.4) is 0 Å². The molecule has 0 saturated heterocycles. The molecule has 0 radical (unpaired) electrons. The number of halogens is 1. The average molecular weight is 447 g/mol. The predicted octanol–water partition coefficient (Wildman–Crippen LogP) is -12.8. The SMILES string of the molecule is O=[Si]([O-])[O-].O=[Si]([O-])[O-].O=[Si]([O-])[O-].[Ca+2].[Ca+2].[Ca+2].[Cl-].[Cu+]. The van der Waals surface area contributed by atoms with E-state index in [0.717, 1.165) is 0 Å². The Labute approximate surface area is 208 Å². The average Bonchev–Trinajstić information content (AvgIpc) is 1.54. The van der Waals surface area contributed by atoms with Crippen molar-refractivity contribution in [2.75, 3.05) is 0 Å². The van der Waals surface area contributed by atoms with Crippen LogP contribution >= 0.6 is 0 Å². The molecular weight excluding hydrogens is 447 g/mol. The van der Waals surface area contributed by atoms with Gasteiger partial charge in [0.05, 0.1) is 0 Å². The minimum Gasteiger partial charge on any atom is -1.00 e. The van der Waals surface area contributed by atoms with Crippen LogP contribution in [-0.2, 0) is 30.5 Å². The number of rotatable bonds is 0. The van der Waals surface area contributed by atoms with E-state index >= 15 is 0 Å². The van der Waals surface area contributed by atoms with Gasteiger partial charge in [0.1, 0.15) is 0 Å². The van der Waals surface area contributed by atoms with E-state index in [4.69, 9.17) is 42.2 Å². The summed E-state index contributed by atoms with van der Waals surface area (Å²) in [6, 6.07) is 0. The van der Waals surface area contributed by atoms with Crippen molar-refractivity contribution >= 4 is 141 Å². The van der Waals surface area contributed by atoms with Gasteiger partial charge in [0.25, 0.3) is 0 Å². The molecule has 17 heteroatoms. The summed E-state index contributed by atoms with van der Waals surface area (Å²) in [6.07, 6.45) is 0. The molecule has 0 atom stereocenters. The molecule has 0 spiro atoms. The molecule has 0 amide bonds. The summed E-state index contributed by atoms with van der Waals surface area (Å²) in [6.45, 7) is 0. The maximum Gasteiger partial charge on any atom is 2.00 e. The second kappa shape index (κ2) is 42.7. The van der Waals surface area contributed by atoms with Crippen LogP contribution < -0.4 is 41.2 Å². The third-order valence-electron chi connectivity index (χ3n) is 0. The van der Waals surface area contributed by atoms with Crippen molar-refractivity contribution in [3.63, 3.8) is 0 Å². The molecule has 0 saturated carbocycles. The second-order valence-corrected chi connectivity index (χ2v) is 2.25. The number of hydrogen-bond donors (Lipinski definition) is 0. The summed E-state index contributed by atoms with van der Waals surface area (Å²) in [5, 5.41) is 0. The van der Waals surface area contributed by atoms with Gasteiger partial charge in [-0.25, -0.2) is 0 Å². The van der Waals surface area contributed by atoms with Gasteiger partial charge in [0.15, 0.2) is 0 Å². The van der Waals surface area contributed by atoms with E-state index in [2.05, 4.69) is 0 Å². The molecule has 0 unspecified atom stereocenters. The van der Waals surface area contributed by atoms with Crippen LogP contribution in [0.5, 0.6) is 0 Å². The first-order valence-corrected chi connectivity index (χ1v) is 5.51. The standard InChI is InChI=1S/3Ca.ClH.Cu.3O3Si/c;;;;;3*1-4(2)3/h;;;1H;;;;/q3*+2;;+1;3*-2/p-1. The van der Waals surface area contributed by atoms with Gasteiger partial charge in [-0.1, -0.05) is 0 Å². The van der Waals surface area contributed by atoms with Crippen molar-refractivity contribution in [1.82, 2.24) is 0 Å². The molecule has 9 nitrogen and oxygen atoms in total. The van der Waals surface area contributed by atoms with E-state index in [1.165, 1.54) is 0 Å². The molecule has 0 bridgehead atoms. The quantitative estimate of drug-likeness (QED) is 0.324. The van der Waals surface area contributed by atoms with Crippen molar-refractivity contribution < 1.29 is 71.6 Å². The fourth-order valence-electron chi connectivity index (χ4n) is 0. The van der Waals surface area contributed by atoms with Crippen LogP contribution in [0, 0.1) is 0 Å². The van der Waals surface area contributed by atoms with E-state index in [0.29, 0.717) is 0 Å². The van der Waals surface area contributed by atoms with Crippen LogP contribution in [0.1, 0.15) is 0 Å². The Morgan fingerprint density at radius 3 is 0.529 bits per heavy atom. The van der Waals surface area contributed by atoms with E-state index in [-0.39, 0.29) is 143 Å². The zero-order valence-corrected chi connectivity index (χ0v) is 19.3. The smallest absolute Gasteiger partial charge is 1.00 e. The fourth-order valence-corrected chi connectivity index (χ4v) is 0. The van der Waals surface area contributed by atoms with Gasteiger partial charge in [-0.3, -0.25) is 0 Å². The first-order chi connectivity index (χ1) is 5.20. The van der Waals surface area contributed by atoms with Crippen LogP contribution in [0.25, 0.3) is 0 Å². The van der Waals surface area contributed by atoms with Crippen molar-refractivity contribution in [2.45, 2.75) is 0 Å². The molecule has 0 N–H and O–H groups in total. The first-order valence-electron chi connectivity index (χ1n) is 1.84. The summed E-state index contributed by atoms with van der Waals surface area (Å²) >= 11 is 0. The Hall–Kier alpha value is 3.44. The van der Waals surface area contributed by atoms with E-state index in [1.807, 2.05) is 0 Å². The van der Waals surface area contributed by atoms with Crippen molar-refractivity contribution in [3.05, 3.63) is 0 Å². The summed E-state index contributed by atoms with van der Waals surface area (Å²) in [5.74, 6) is 0. The molecule has 0 aromatic carbocycles. The predicted molar refractivity (Wildman–Crippen MR) is 36.6 cm³/mol. The zero-order valence-electron chi connectivity index (χ0n) is 7.98. The summed E-state index contributed by atoms with van der Waals surface area (Å²) in [5.41, 5.74) is 0. The molecule has 17 heavy (non-hydrogen) atoms. The molecule has 0 aliphatic heterocycles. The zero-order chi connectivity index (χ0) is 10.7. The molecule has 0 aromatic heterocycles. The molecule has 0 aliphatic carbocycles. The van der Waals surface area contributed by atoms with Gasteiger partial charge in [-0.05, 0) is 0 Å². The minimum absolute atomic E-state index is 0. The van der Waals surface area contributed by atoms with Gasteiger partial charge >= 0.3 is 130 Å². The normalized spacial score (nSPS) is 4.24. The third kappa shape index (κ3) is 500. The molecule has 0 aromatic rings. The molecular formula is Ca3ClCuO9Si3. The first kappa shape index (κ1) is 49.9. The van der Waals surface area contributed by atoms with Crippen LogP contribution in [0.2, 0.25) is 0 Å². The second-order valence-electron chi connectivity index (χ2n) is 0.750. The monoisotopic (exact) mass is 446 g/mol. The molecule has 0 aliphatic rings. The topological polar surface area (TPSA) is 190 Å². The Morgan fingerprint density at radius 2 is 0.529 bits per heavy atom. The van der Waals surface area contributed by atoms with Gasteiger partial charge in [0, 0.05) is 27.5 Å². The van der Waals surface area contributed by atoms with Crippen LogP contribution in [-0.4, -0.2) is 141 Å². The Balaban J connectivity index is -0.0000000104. The third-order valence-corrected chi connectivity index (χ3v) is 0. The maximum absolute atomic E-state index is 8.52. The Kier molecular flexibility index (Phi) is 125. The number of hydrogen-bond acceptors (Lipinski definition) is 9. The van der Waals surface area contributed by atoms with Crippen molar-refractivity contribution in [3.8, 4) is 0 Å².